The monoisotopic (exact) mass is 291 g/mol. The van der Waals surface area contributed by atoms with Crippen LogP contribution in [0.2, 0.25) is 0 Å². The van der Waals surface area contributed by atoms with Gasteiger partial charge in [0, 0.05) is 13.2 Å². The minimum Gasteiger partial charge on any atom is -0.496 e. The number of likely N-dealkylation sites (tertiary alicyclic amines) is 1. The normalized spacial score (nSPS) is 19.5. The van der Waals surface area contributed by atoms with Gasteiger partial charge in [0.05, 0.1) is 25.3 Å². The molecule has 2 rings (SSSR count). The summed E-state index contributed by atoms with van der Waals surface area (Å²) in [4.78, 5) is 14.7. The topological polar surface area (TPSA) is 38.8 Å². The first kappa shape index (κ1) is 16.0. The Hall–Kier alpha value is -1.39. The summed E-state index contributed by atoms with van der Waals surface area (Å²) in [5.74, 6) is 0.780. The molecule has 1 aromatic carbocycles. The molecule has 1 aromatic rings. The van der Waals surface area contributed by atoms with Crippen LogP contribution in [0.25, 0.3) is 0 Å². The number of hydrogen-bond donors (Lipinski definition) is 0. The van der Waals surface area contributed by atoms with Gasteiger partial charge in [0.15, 0.2) is 5.78 Å². The standard InChI is InChI=1S/C17H25NO3/c1-4-21-14-6-5-9-18(11-14)12-16(19)15-8-7-13(2)10-17(15)20-3/h7-8,10,14H,4-6,9,11-12H2,1-3H3. The first-order valence-electron chi connectivity index (χ1n) is 7.65. The summed E-state index contributed by atoms with van der Waals surface area (Å²) in [6, 6.07) is 5.72. The van der Waals surface area contributed by atoms with Crippen molar-refractivity contribution in [2.75, 3.05) is 33.4 Å². The molecule has 0 amide bonds. The van der Waals surface area contributed by atoms with Crippen molar-refractivity contribution in [3.63, 3.8) is 0 Å². The van der Waals surface area contributed by atoms with Gasteiger partial charge in [0.2, 0.25) is 0 Å². The fourth-order valence-electron chi connectivity index (χ4n) is 2.85. The molecule has 1 heterocycles. The van der Waals surface area contributed by atoms with E-state index in [-0.39, 0.29) is 11.9 Å². The maximum Gasteiger partial charge on any atom is 0.180 e. The molecule has 0 aromatic heterocycles. The van der Waals surface area contributed by atoms with Crippen molar-refractivity contribution in [3.8, 4) is 5.75 Å². The predicted octanol–water partition coefficient (Wildman–Crippen LogP) is 2.69. The fraction of sp³-hybridized carbons (Fsp3) is 0.588. The van der Waals surface area contributed by atoms with Crippen LogP contribution in [0.3, 0.4) is 0 Å². The van der Waals surface area contributed by atoms with Crippen LogP contribution in [0.5, 0.6) is 5.75 Å². The van der Waals surface area contributed by atoms with Gasteiger partial charge >= 0.3 is 0 Å². The first-order valence-corrected chi connectivity index (χ1v) is 7.65. The average molecular weight is 291 g/mol. The van der Waals surface area contributed by atoms with Gasteiger partial charge in [-0.2, -0.15) is 0 Å². The molecular weight excluding hydrogens is 266 g/mol. The van der Waals surface area contributed by atoms with E-state index in [4.69, 9.17) is 9.47 Å². The summed E-state index contributed by atoms with van der Waals surface area (Å²) in [6.07, 6.45) is 2.44. The first-order chi connectivity index (χ1) is 10.1. The van der Waals surface area contributed by atoms with Crippen molar-refractivity contribution in [3.05, 3.63) is 29.3 Å². The molecule has 1 saturated heterocycles. The fourth-order valence-corrected chi connectivity index (χ4v) is 2.85. The summed E-state index contributed by atoms with van der Waals surface area (Å²) >= 11 is 0. The SMILES string of the molecule is CCOC1CCCN(CC(=O)c2ccc(C)cc2OC)C1. The second-order valence-electron chi connectivity index (χ2n) is 5.58. The van der Waals surface area contributed by atoms with Crippen molar-refractivity contribution in [2.45, 2.75) is 32.8 Å². The number of piperidine rings is 1. The molecule has 1 fully saturated rings. The number of carbonyl (C=O) groups excluding carboxylic acids is 1. The van der Waals surface area contributed by atoms with E-state index in [0.717, 1.165) is 38.1 Å². The van der Waals surface area contributed by atoms with Gasteiger partial charge < -0.3 is 9.47 Å². The molecule has 1 aliphatic heterocycles. The largest absolute Gasteiger partial charge is 0.496 e. The number of carbonyl (C=O) groups is 1. The molecule has 0 spiro atoms. The van der Waals surface area contributed by atoms with E-state index < -0.39 is 0 Å². The van der Waals surface area contributed by atoms with E-state index >= 15 is 0 Å². The van der Waals surface area contributed by atoms with Crippen LogP contribution in [0.15, 0.2) is 18.2 Å². The van der Waals surface area contributed by atoms with Gasteiger partial charge in [-0.15, -0.1) is 0 Å². The van der Waals surface area contributed by atoms with Crippen LogP contribution in [-0.4, -0.2) is 50.1 Å². The lowest BCUT2D eigenvalue weighted by Gasteiger charge is -2.32. The summed E-state index contributed by atoms with van der Waals surface area (Å²) in [5.41, 5.74) is 1.76. The van der Waals surface area contributed by atoms with Crippen LogP contribution < -0.4 is 4.74 Å². The molecule has 1 aliphatic rings. The molecule has 1 unspecified atom stereocenters. The van der Waals surface area contributed by atoms with Gasteiger partial charge in [-0.25, -0.2) is 0 Å². The Labute approximate surface area is 127 Å². The van der Waals surface area contributed by atoms with E-state index in [1.165, 1.54) is 0 Å². The average Bonchev–Trinajstić information content (AvgIpc) is 2.47. The third-order valence-corrected chi connectivity index (χ3v) is 3.89. The molecule has 4 nitrogen and oxygen atoms in total. The van der Waals surface area contributed by atoms with Crippen LogP contribution in [0, 0.1) is 6.92 Å². The zero-order valence-electron chi connectivity index (χ0n) is 13.2. The van der Waals surface area contributed by atoms with E-state index in [0.29, 0.717) is 17.9 Å². The summed E-state index contributed by atoms with van der Waals surface area (Å²) < 4.78 is 11.0. The Kier molecular flexibility index (Phi) is 5.76. The van der Waals surface area contributed by atoms with E-state index in [1.807, 2.05) is 32.0 Å². The molecule has 0 radical (unpaired) electrons. The number of nitrogens with zero attached hydrogens (tertiary/aromatic N) is 1. The maximum atomic E-state index is 12.5. The highest BCUT2D eigenvalue weighted by Crippen LogP contribution is 2.21. The highest BCUT2D eigenvalue weighted by Gasteiger charge is 2.23. The van der Waals surface area contributed by atoms with E-state index in [2.05, 4.69) is 4.90 Å². The molecule has 0 aliphatic carbocycles. The zero-order valence-corrected chi connectivity index (χ0v) is 13.2. The van der Waals surface area contributed by atoms with Gasteiger partial charge in [-0.1, -0.05) is 6.07 Å². The lowest BCUT2D eigenvalue weighted by molar-refractivity contribution is 0.00717. The quantitative estimate of drug-likeness (QED) is 0.755. The Morgan fingerprint density at radius 1 is 1.43 bits per heavy atom. The Bertz CT molecular complexity index is 485. The number of aryl methyl sites for hydroxylation is 1. The second kappa shape index (κ2) is 7.57. The van der Waals surface area contributed by atoms with Crippen molar-refractivity contribution < 1.29 is 14.3 Å². The third kappa shape index (κ3) is 4.29. The number of Topliss-reactive ketones (excluding diaryl/α,β-unsaturated/α-hetero) is 1. The summed E-state index contributed by atoms with van der Waals surface area (Å²) in [5, 5.41) is 0. The molecule has 0 bridgehead atoms. The summed E-state index contributed by atoms with van der Waals surface area (Å²) in [7, 11) is 1.61. The number of ketones is 1. The van der Waals surface area contributed by atoms with Crippen LogP contribution in [0.4, 0.5) is 0 Å². The number of rotatable bonds is 6. The zero-order chi connectivity index (χ0) is 15.2. The van der Waals surface area contributed by atoms with E-state index in [9.17, 15) is 4.79 Å². The van der Waals surface area contributed by atoms with Crippen molar-refractivity contribution in [2.24, 2.45) is 0 Å². The minimum atomic E-state index is 0.115. The van der Waals surface area contributed by atoms with Crippen molar-refractivity contribution in [1.29, 1.82) is 0 Å². The molecule has 0 N–H and O–H groups in total. The second-order valence-corrected chi connectivity index (χ2v) is 5.58. The van der Waals surface area contributed by atoms with Gasteiger partial charge in [-0.3, -0.25) is 9.69 Å². The van der Waals surface area contributed by atoms with Gasteiger partial charge in [0.25, 0.3) is 0 Å². The smallest absolute Gasteiger partial charge is 0.180 e. The van der Waals surface area contributed by atoms with Crippen LogP contribution in [-0.2, 0) is 4.74 Å². The van der Waals surface area contributed by atoms with Crippen molar-refractivity contribution >= 4 is 5.78 Å². The third-order valence-electron chi connectivity index (χ3n) is 3.89. The number of benzene rings is 1. The van der Waals surface area contributed by atoms with Crippen LogP contribution >= 0.6 is 0 Å². The molecule has 0 saturated carbocycles. The van der Waals surface area contributed by atoms with Crippen molar-refractivity contribution in [1.82, 2.24) is 4.90 Å². The predicted molar refractivity (Wildman–Crippen MR) is 83.1 cm³/mol. The lowest BCUT2D eigenvalue weighted by atomic mass is 10.0. The lowest BCUT2D eigenvalue weighted by Crippen LogP contribution is -2.42. The molecular formula is C17H25NO3. The number of hydrogen-bond acceptors (Lipinski definition) is 4. The van der Waals surface area contributed by atoms with Crippen LogP contribution in [0.1, 0.15) is 35.7 Å². The summed E-state index contributed by atoms with van der Waals surface area (Å²) in [6.45, 7) is 6.98. The van der Waals surface area contributed by atoms with Gasteiger partial charge in [0.1, 0.15) is 5.75 Å². The molecule has 21 heavy (non-hydrogen) atoms. The Balaban J connectivity index is 2.01. The number of methoxy groups -OCH3 is 1. The maximum absolute atomic E-state index is 12.5. The molecule has 4 heteroatoms. The van der Waals surface area contributed by atoms with Gasteiger partial charge in [-0.05, 0) is 50.9 Å². The Morgan fingerprint density at radius 2 is 2.24 bits per heavy atom. The highest BCUT2D eigenvalue weighted by molar-refractivity contribution is 6.00. The Morgan fingerprint density at radius 3 is 2.95 bits per heavy atom. The minimum absolute atomic E-state index is 0.115. The number of ether oxygens (including phenoxy) is 2. The highest BCUT2D eigenvalue weighted by atomic mass is 16.5. The molecule has 116 valence electrons. The van der Waals surface area contributed by atoms with E-state index in [1.54, 1.807) is 7.11 Å². The molecule has 1 atom stereocenters.